The van der Waals surface area contributed by atoms with E-state index >= 15 is 0 Å². The van der Waals surface area contributed by atoms with Gasteiger partial charge in [0.05, 0.1) is 12.2 Å². The van der Waals surface area contributed by atoms with E-state index in [1.54, 1.807) is 0 Å². The molecule has 0 aromatic heterocycles. The minimum atomic E-state index is -0.0323. The molecule has 0 saturated carbocycles. The van der Waals surface area contributed by atoms with Crippen LogP contribution in [0.15, 0.2) is 46.9 Å². The number of halogens is 2. The van der Waals surface area contributed by atoms with Crippen LogP contribution in [0.2, 0.25) is 0 Å². The summed E-state index contributed by atoms with van der Waals surface area (Å²) in [7, 11) is 0. The van der Waals surface area contributed by atoms with Gasteiger partial charge in [-0.3, -0.25) is 4.79 Å². The maximum atomic E-state index is 12.1. The number of unbranched alkanes of at least 4 members (excludes halogenated alkanes) is 1. The largest absolute Gasteiger partial charge is 0.494 e. The molecule has 0 aliphatic heterocycles. The van der Waals surface area contributed by atoms with Crippen molar-refractivity contribution in [2.45, 2.75) is 19.8 Å². The third-order valence-corrected chi connectivity index (χ3v) is 4.75. The Labute approximate surface area is 159 Å². The van der Waals surface area contributed by atoms with Crippen molar-refractivity contribution in [2.75, 3.05) is 13.2 Å². The molecule has 2 rings (SSSR count). The number of rotatable bonds is 7. The molecule has 0 unspecified atom stereocenters. The summed E-state index contributed by atoms with van der Waals surface area (Å²) in [4.78, 5) is 12.1. The molecule has 5 heteroatoms. The van der Waals surface area contributed by atoms with Gasteiger partial charge in [0.2, 0.25) is 0 Å². The number of nitrogens with one attached hydrogen (secondary N) is 1. The number of carbonyl (C=O) groups excluding carboxylic acids is 1. The molecule has 0 heterocycles. The summed E-state index contributed by atoms with van der Waals surface area (Å²) in [5, 5.41) is 2.95. The monoisotopic (exact) mass is 487 g/mol. The lowest BCUT2D eigenvalue weighted by Crippen LogP contribution is -2.25. The fourth-order valence-corrected chi connectivity index (χ4v) is 2.96. The normalized spacial score (nSPS) is 10.4. The maximum Gasteiger partial charge on any atom is 0.252 e. The highest BCUT2D eigenvalue weighted by Crippen LogP contribution is 2.18. The van der Waals surface area contributed by atoms with Gasteiger partial charge >= 0.3 is 0 Å². The Bertz CT molecular complexity index is 659. The molecular weight excluding hydrogens is 469 g/mol. The predicted octanol–water partition coefficient (Wildman–Crippen LogP) is 4.95. The summed E-state index contributed by atoms with van der Waals surface area (Å²) in [5.41, 5.74) is 1.93. The molecule has 0 bridgehead atoms. The number of ether oxygens (including phenoxy) is 1. The van der Waals surface area contributed by atoms with Crippen molar-refractivity contribution in [1.82, 2.24) is 5.32 Å². The van der Waals surface area contributed by atoms with Crippen LogP contribution in [0.5, 0.6) is 5.75 Å². The van der Waals surface area contributed by atoms with Crippen LogP contribution in [0.4, 0.5) is 0 Å². The smallest absolute Gasteiger partial charge is 0.252 e. The van der Waals surface area contributed by atoms with Crippen molar-refractivity contribution in [2.24, 2.45) is 0 Å². The number of carbonyl (C=O) groups is 1. The summed E-state index contributed by atoms with van der Waals surface area (Å²) in [6, 6.07) is 13.7. The van der Waals surface area contributed by atoms with Crippen LogP contribution in [0, 0.1) is 10.5 Å². The van der Waals surface area contributed by atoms with Crippen molar-refractivity contribution in [3.8, 4) is 5.75 Å². The Hall–Kier alpha value is -1.08. The van der Waals surface area contributed by atoms with Gasteiger partial charge < -0.3 is 10.1 Å². The summed E-state index contributed by atoms with van der Waals surface area (Å²) < 4.78 is 7.53. The minimum absolute atomic E-state index is 0.0323. The van der Waals surface area contributed by atoms with E-state index in [9.17, 15) is 4.79 Å². The lowest BCUT2D eigenvalue weighted by Gasteiger charge is -2.08. The lowest BCUT2D eigenvalue weighted by molar-refractivity contribution is 0.0951. The van der Waals surface area contributed by atoms with E-state index in [1.165, 1.54) is 5.56 Å². The summed E-state index contributed by atoms with van der Waals surface area (Å²) in [6.45, 7) is 3.37. The van der Waals surface area contributed by atoms with Gasteiger partial charge in [0.15, 0.2) is 0 Å². The standard InChI is InChI=1S/C18H19BrINO2/c1-13-4-7-15(8-5-13)23-11-3-2-10-21-18(22)16-12-14(19)6-9-17(16)20/h4-9,12H,2-3,10-11H2,1H3,(H,21,22). The van der Waals surface area contributed by atoms with E-state index in [4.69, 9.17) is 4.74 Å². The zero-order valence-corrected chi connectivity index (χ0v) is 16.7. The molecule has 2 aromatic rings. The third kappa shape index (κ3) is 6.14. The fraction of sp³-hybridized carbons (Fsp3) is 0.278. The van der Waals surface area contributed by atoms with Crippen LogP contribution in [0.3, 0.4) is 0 Å². The number of aryl methyl sites for hydroxylation is 1. The van der Waals surface area contributed by atoms with Crippen molar-refractivity contribution in [3.05, 3.63) is 61.6 Å². The van der Waals surface area contributed by atoms with E-state index in [0.29, 0.717) is 18.7 Å². The highest BCUT2D eigenvalue weighted by molar-refractivity contribution is 14.1. The molecule has 1 N–H and O–H groups in total. The van der Waals surface area contributed by atoms with E-state index in [0.717, 1.165) is 26.6 Å². The topological polar surface area (TPSA) is 38.3 Å². The van der Waals surface area contributed by atoms with Crippen molar-refractivity contribution >= 4 is 44.4 Å². The molecule has 0 atom stereocenters. The molecular formula is C18H19BrINO2. The quantitative estimate of drug-likeness (QED) is 0.443. The van der Waals surface area contributed by atoms with Gasteiger partial charge in [-0.25, -0.2) is 0 Å². The first-order chi connectivity index (χ1) is 11.1. The van der Waals surface area contributed by atoms with Crippen LogP contribution in [-0.4, -0.2) is 19.1 Å². The van der Waals surface area contributed by atoms with Gasteiger partial charge in [-0.05, 0) is 72.7 Å². The second-order valence-electron chi connectivity index (χ2n) is 5.25. The molecule has 0 spiro atoms. The van der Waals surface area contributed by atoms with Crippen LogP contribution < -0.4 is 10.1 Å². The Morgan fingerprint density at radius 1 is 1.17 bits per heavy atom. The molecule has 0 aliphatic rings. The zero-order valence-electron chi connectivity index (χ0n) is 12.9. The SMILES string of the molecule is Cc1ccc(OCCCCNC(=O)c2cc(Br)ccc2I)cc1. The van der Waals surface area contributed by atoms with Crippen molar-refractivity contribution < 1.29 is 9.53 Å². The first-order valence-electron chi connectivity index (χ1n) is 7.49. The van der Waals surface area contributed by atoms with Gasteiger partial charge in [0.1, 0.15) is 5.75 Å². The summed E-state index contributed by atoms with van der Waals surface area (Å²) >= 11 is 5.57. The number of amides is 1. The summed E-state index contributed by atoms with van der Waals surface area (Å²) in [5.74, 6) is 0.860. The van der Waals surface area contributed by atoms with Crippen LogP contribution in [-0.2, 0) is 0 Å². The Kier molecular flexibility index (Phi) is 7.36. The molecule has 0 aliphatic carbocycles. The maximum absolute atomic E-state index is 12.1. The third-order valence-electron chi connectivity index (χ3n) is 3.32. The number of benzene rings is 2. The predicted molar refractivity (Wildman–Crippen MR) is 105 cm³/mol. The second kappa shape index (κ2) is 9.27. The fourth-order valence-electron chi connectivity index (χ4n) is 2.02. The van der Waals surface area contributed by atoms with Crippen molar-refractivity contribution in [1.29, 1.82) is 0 Å². The van der Waals surface area contributed by atoms with Gasteiger partial charge in [-0.1, -0.05) is 33.6 Å². The summed E-state index contributed by atoms with van der Waals surface area (Å²) in [6.07, 6.45) is 1.80. The molecule has 0 fully saturated rings. The van der Waals surface area contributed by atoms with Gasteiger partial charge in [-0.15, -0.1) is 0 Å². The molecule has 3 nitrogen and oxygen atoms in total. The molecule has 0 saturated heterocycles. The van der Waals surface area contributed by atoms with Crippen molar-refractivity contribution in [3.63, 3.8) is 0 Å². The highest BCUT2D eigenvalue weighted by atomic mass is 127. The number of hydrogen-bond acceptors (Lipinski definition) is 2. The van der Waals surface area contributed by atoms with E-state index in [1.807, 2.05) is 42.5 Å². The Balaban J connectivity index is 1.66. The lowest BCUT2D eigenvalue weighted by atomic mass is 10.2. The van der Waals surface area contributed by atoms with E-state index < -0.39 is 0 Å². The molecule has 122 valence electrons. The van der Waals surface area contributed by atoms with Gasteiger partial charge in [0.25, 0.3) is 5.91 Å². The minimum Gasteiger partial charge on any atom is -0.494 e. The average molecular weight is 488 g/mol. The molecule has 0 radical (unpaired) electrons. The second-order valence-corrected chi connectivity index (χ2v) is 7.33. The highest BCUT2D eigenvalue weighted by Gasteiger charge is 2.09. The first-order valence-corrected chi connectivity index (χ1v) is 9.36. The number of hydrogen-bond donors (Lipinski definition) is 1. The first kappa shape index (κ1) is 18.3. The van der Waals surface area contributed by atoms with Gasteiger partial charge in [0, 0.05) is 14.6 Å². The van der Waals surface area contributed by atoms with E-state index in [-0.39, 0.29) is 5.91 Å². The zero-order chi connectivity index (χ0) is 16.7. The average Bonchev–Trinajstić information content (AvgIpc) is 2.54. The van der Waals surface area contributed by atoms with Crippen LogP contribution in [0.1, 0.15) is 28.8 Å². The van der Waals surface area contributed by atoms with Crippen LogP contribution in [0.25, 0.3) is 0 Å². The van der Waals surface area contributed by atoms with Gasteiger partial charge in [-0.2, -0.15) is 0 Å². The molecule has 1 amide bonds. The van der Waals surface area contributed by atoms with Crippen LogP contribution >= 0.6 is 38.5 Å². The Morgan fingerprint density at radius 2 is 1.91 bits per heavy atom. The Morgan fingerprint density at radius 3 is 2.65 bits per heavy atom. The van der Waals surface area contributed by atoms with E-state index in [2.05, 4.69) is 50.8 Å². The molecule has 23 heavy (non-hydrogen) atoms. The molecule has 2 aromatic carbocycles.